The van der Waals surface area contributed by atoms with Gasteiger partial charge in [0.1, 0.15) is 30.5 Å². The first-order chi connectivity index (χ1) is 52.1. The molecule has 6 aromatic rings. The summed E-state index contributed by atoms with van der Waals surface area (Å²) in [6.07, 6.45) is 3.36. The lowest BCUT2D eigenvalue weighted by atomic mass is 9.96. The van der Waals surface area contributed by atoms with E-state index in [0.717, 1.165) is 53.5 Å². The maximum absolute atomic E-state index is 13.2. The Morgan fingerprint density at radius 1 is 0.477 bits per heavy atom. The van der Waals surface area contributed by atoms with Gasteiger partial charge in [-0.3, -0.25) is 4.79 Å². The first-order valence-corrected chi connectivity index (χ1v) is 44.2. The third kappa shape index (κ3) is 20.1. The van der Waals surface area contributed by atoms with Crippen molar-refractivity contribution in [1.29, 1.82) is 5.26 Å². The van der Waals surface area contributed by atoms with Gasteiger partial charge in [-0.25, -0.2) is 46.9 Å². The van der Waals surface area contributed by atoms with Gasteiger partial charge in [0.25, 0.3) is 0 Å². The lowest BCUT2D eigenvalue weighted by Crippen LogP contribution is -2.49. The van der Waals surface area contributed by atoms with Crippen molar-refractivity contribution in [2.45, 2.75) is 244 Å². The number of aromatic nitrogens is 2. The molecule has 0 spiro atoms. The molecule has 7 aliphatic rings. The second-order valence-electron chi connectivity index (χ2n) is 30.9. The summed E-state index contributed by atoms with van der Waals surface area (Å²) in [6.45, 7) is 19.2. The fourth-order valence-electron chi connectivity index (χ4n) is 13.7. The van der Waals surface area contributed by atoms with E-state index in [2.05, 4.69) is 20.5 Å². The number of nitrogens with zero attached hydrogens (tertiary/aromatic N) is 5. The highest BCUT2D eigenvalue weighted by Gasteiger charge is 2.51. The molecular formula is C78H102N8O20S5. The normalized spacial score (nSPS) is 27.4. The van der Waals surface area contributed by atoms with Crippen LogP contribution in [0.2, 0.25) is 0 Å². The highest BCUT2D eigenvalue weighted by molar-refractivity contribution is 7.94. The van der Waals surface area contributed by atoms with E-state index in [1.54, 1.807) is 126 Å². The number of nitrogens with two attached hydrogens (primary N) is 3. The lowest BCUT2D eigenvalue weighted by molar-refractivity contribution is -0.145. The van der Waals surface area contributed by atoms with Crippen molar-refractivity contribution in [1.82, 2.24) is 10.1 Å². The summed E-state index contributed by atoms with van der Waals surface area (Å²) in [5, 5.41) is 28.3. The predicted molar refractivity (Wildman–Crippen MR) is 413 cm³/mol. The van der Waals surface area contributed by atoms with Crippen LogP contribution in [-0.2, 0) is 87.3 Å². The molecule has 2 aliphatic carbocycles. The Bertz CT molecular complexity index is 5070. The van der Waals surface area contributed by atoms with Crippen LogP contribution in [0.3, 0.4) is 0 Å². The smallest absolute Gasteiger partial charge is 0.338 e. The van der Waals surface area contributed by atoms with Crippen molar-refractivity contribution in [3.8, 4) is 6.07 Å². The molecule has 13 rings (SSSR count). The second-order valence-corrected chi connectivity index (χ2v) is 43.3. The van der Waals surface area contributed by atoms with E-state index in [0.29, 0.717) is 84.1 Å². The average molecular weight is 1630 g/mol. The van der Waals surface area contributed by atoms with Crippen molar-refractivity contribution >= 4 is 72.7 Å². The molecule has 10 atom stereocenters. The molecule has 28 nitrogen and oxygen atoms in total. The maximum Gasteiger partial charge on any atom is 0.338 e. The molecule has 1 aromatic heterocycles. The van der Waals surface area contributed by atoms with Gasteiger partial charge >= 0.3 is 5.97 Å². The molecule has 0 radical (unpaired) electrons. The van der Waals surface area contributed by atoms with Gasteiger partial charge in [-0.15, -0.1) is 0 Å². The summed E-state index contributed by atoms with van der Waals surface area (Å²) in [4.78, 5) is 33.7. The molecular weight excluding hydrogens is 1530 g/mol. The van der Waals surface area contributed by atoms with Crippen LogP contribution >= 0.6 is 0 Å². The summed E-state index contributed by atoms with van der Waals surface area (Å²) in [7, 11) is -17.6. The molecule has 33 heteroatoms. The van der Waals surface area contributed by atoms with Gasteiger partial charge in [-0.1, -0.05) is 76.1 Å². The molecule has 1 amide bonds. The number of primary amides is 1. The zero-order chi connectivity index (χ0) is 81.3. The number of ether oxygens (including phenoxy) is 5. The Hall–Kier alpha value is -8.04. The molecule has 0 bridgehead atoms. The van der Waals surface area contributed by atoms with E-state index in [1.807, 2.05) is 71.0 Å². The van der Waals surface area contributed by atoms with Crippen LogP contribution in [0.15, 0.2) is 161 Å². The zero-order valence-corrected chi connectivity index (χ0v) is 68.3. The Balaban J connectivity index is 0.000000160. The predicted octanol–water partition coefficient (Wildman–Crippen LogP) is 10.1. The first kappa shape index (κ1) is 86.9. The standard InChI is InChI=1S/C18H24N2O5S.C18H22N2O4S.C14H20N2O4S.C14H19NO4S.C14H17NO3S/c1-12-4-3-5-14(10-12)26(22,23)18(2)8-9-24-15(11-18)16(19)20-25-17(21)13-6-7-13;1-12-4-3-5-14(10-12)25(21,22)18(2)8-9-23-15(11-18)16-19-17(24-20-16)13-6-7-13;1-10-4-3-5-11(8-10)21(18,19)14(2)6-7-20-12(9-14)13(15)16-17;1-10-4-3-5-11(8-10)20(17,18)14(2)6-7-19-12(9-14)13(15)16;1-11-4-3-5-13(8-11)19(16,17)14(2)6-7-18-12(9-14)10-15/h3-5,10,13,15H,6-9,11H2,1-2H3,(H2,19,20);3-5,10,13,15H,6-9,11H2,1-2H3;3-5,8,12,17H,6-7,9H2,1-2H3,(H2,15,16);3-5,8,12H,6-7,9H2,1-2H3,(H2,15,16);3-5,8,12H,6-7,9H2,1-2H3. The Morgan fingerprint density at radius 2 is 0.811 bits per heavy atom. The SMILES string of the molecule is Cc1cccc(S(=O)(=O)C2(C)CCOC(/C(N)=N/O)C2)c1.Cc1cccc(S(=O)(=O)C2(C)CCOC(/C(N)=N/OC(=O)C3CC3)C2)c1.Cc1cccc(S(=O)(=O)C2(C)CCOC(C#N)C2)c1.Cc1cccc(S(=O)(=O)C2(C)CCOC(C(N)=O)C2)c1.Cc1cccc(S(=O)(=O)C2(C)CCOC(c3noc(C4CC4)n3)C2)c1. The number of aryl methyl sites for hydroxylation is 5. The molecule has 111 heavy (non-hydrogen) atoms. The van der Waals surface area contributed by atoms with Crippen LogP contribution in [0.5, 0.6) is 0 Å². The fourth-order valence-corrected chi connectivity index (χ4v) is 23.2. The summed E-state index contributed by atoms with van der Waals surface area (Å²) < 4.78 is 157. The number of nitriles is 1. The molecule has 7 fully saturated rings. The van der Waals surface area contributed by atoms with Crippen LogP contribution in [0.25, 0.3) is 0 Å². The largest absolute Gasteiger partial charge is 0.409 e. The van der Waals surface area contributed by atoms with Crippen molar-refractivity contribution in [2.24, 2.45) is 33.4 Å². The third-order valence-corrected chi connectivity index (χ3v) is 34.4. The molecule has 10 unspecified atom stereocenters. The number of sulfone groups is 5. The zero-order valence-electron chi connectivity index (χ0n) is 64.2. The van der Waals surface area contributed by atoms with Crippen molar-refractivity contribution in [2.75, 3.05) is 33.0 Å². The van der Waals surface area contributed by atoms with Gasteiger partial charge in [0.05, 0.1) is 60.2 Å². The minimum Gasteiger partial charge on any atom is -0.409 e. The minimum atomic E-state index is -3.58. The number of oxime groups is 2. The topological polar surface area (TPSA) is 446 Å². The second kappa shape index (κ2) is 35.1. The number of hydrogen-bond acceptors (Lipinski definition) is 25. The van der Waals surface area contributed by atoms with Crippen LogP contribution in [0.1, 0.15) is 176 Å². The van der Waals surface area contributed by atoms with Gasteiger partial charge in [0, 0.05) is 71.1 Å². The molecule has 7 N–H and O–H groups in total. The molecule has 5 aliphatic heterocycles. The summed E-state index contributed by atoms with van der Waals surface area (Å²) in [5.41, 5.74) is 21.2. The van der Waals surface area contributed by atoms with Crippen LogP contribution in [0.4, 0.5) is 0 Å². The molecule has 2 saturated carbocycles. The first-order valence-electron chi connectivity index (χ1n) is 36.8. The van der Waals surface area contributed by atoms with Crippen molar-refractivity contribution in [3.05, 3.63) is 161 Å². The van der Waals surface area contributed by atoms with E-state index in [1.165, 1.54) is 0 Å². The van der Waals surface area contributed by atoms with Gasteiger partial charge in [0.2, 0.25) is 17.6 Å². The maximum atomic E-state index is 13.2. The number of carbonyl (C=O) groups excluding carboxylic acids is 2. The van der Waals surface area contributed by atoms with Gasteiger partial charge < -0.3 is 55.5 Å². The molecule has 6 heterocycles. The summed E-state index contributed by atoms with van der Waals surface area (Å²) in [5.74, 6) is 0.261. The van der Waals surface area contributed by atoms with Crippen molar-refractivity contribution < 1.29 is 89.9 Å². The summed E-state index contributed by atoms with van der Waals surface area (Å²) in [6, 6.07) is 36.5. The fraction of sp³-hybridized carbons (Fsp3) is 0.526. The van der Waals surface area contributed by atoms with E-state index in [-0.39, 0.29) is 72.9 Å². The highest BCUT2D eigenvalue weighted by atomic mass is 32.2. The lowest BCUT2D eigenvalue weighted by Gasteiger charge is -2.37. The average Bonchev–Trinajstić information content (AvgIpc) is 1.24. The van der Waals surface area contributed by atoms with E-state index >= 15 is 0 Å². The van der Waals surface area contributed by atoms with Crippen LogP contribution in [0, 0.1) is 51.9 Å². The van der Waals surface area contributed by atoms with Crippen LogP contribution in [-0.4, -0.2) is 162 Å². The molecule has 604 valence electrons. The van der Waals surface area contributed by atoms with Crippen molar-refractivity contribution in [3.63, 3.8) is 0 Å². The number of hydrogen-bond donors (Lipinski definition) is 4. The van der Waals surface area contributed by atoms with Gasteiger partial charge in [-0.2, -0.15) is 10.2 Å². The quantitative estimate of drug-likeness (QED) is 0.0217. The van der Waals surface area contributed by atoms with Crippen LogP contribution < -0.4 is 17.2 Å². The Kier molecular flexibility index (Phi) is 27.5. The third-order valence-electron chi connectivity index (χ3n) is 21.6. The number of amides is 1. The van der Waals surface area contributed by atoms with Gasteiger partial charge in [-0.05, 0) is 216 Å². The Morgan fingerprint density at radius 3 is 1.15 bits per heavy atom. The van der Waals surface area contributed by atoms with Gasteiger partial charge in [0.15, 0.2) is 60.9 Å². The number of amidine groups is 2. The number of rotatable bonds is 17. The van der Waals surface area contributed by atoms with E-state index < -0.39 is 115 Å². The van der Waals surface area contributed by atoms with E-state index in [4.69, 9.17) is 60.7 Å². The minimum absolute atomic E-state index is 0.00985. The molecule has 5 aromatic carbocycles. The summed E-state index contributed by atoms with van der Waals surface area (Å²) >= 11 is 0. The molecule has 5 saturated heterocycles. The van der Waals surface area contributed by atoms with E-state index in [9.17, 15) is 51.7 Å². The Labute approximate surface area is 651 Å². The highest BCUT2D eigenvalue weighted by Crippen LogP contribution is 2.45. The number of benzene rings is 5. The number of carbonyl (C=O) groups is 2. The monoisotopic (exact) mass is 1630 g/mol.